The summed E-state index contributed by atoms with van der Waals surface area (Å²) in [7, 11) is -4.50. The molecule has 2 rings (SSSR count). The third-order valence-corrected chi connectivity index (χ3v) is 4.59. The molecule has 1 saturated heterocycles. The van der Waals surface area contributed by atoms with Crippen LogP contribution in [0.4, 0.5) is 27.5 Å². The maximum absolute atomic E-state index is 12.5. The van der Waals surface area contributed by atoms with Crippen molar-refractivity contribution in [1.82, 2.24) is 10.2 Å². The van der Waals surface area contributed by atoms with E-state index in [0.29, 0.717) is 31.6 Å². The molecule has 1 aromatic carbocycles. The lowest BCUT2D eigenvalue weighted by atomic mass is 10.1. The van der Waals surface area contributed by atoms with E-state index < -0.39 is 34.1 Å². The fourth-order valence-electron chi connectivity index (χ4n) is 2.63. The molecule has 0 aliphatic carbocycles. The Morgan fingerprint density at radius 1 is 1.19 bits per heavy atom. The third kappa shape index (κ3) is 8.43. The van der Waals surface area contributed by atoms with Crippen molar-refractivity contribution in [3.05, 3.63) is 24.3 Å². The highest BCUT2D eigenvalue weighted by Gasteiger charge is 2.31. The van der Waals surface area contributed by atoms with Crippen LogP contribution in [0.5, 0.6) is 5.75 Å². The highest BCUT2D eigenvalue weighted by atomic mass is 32.3. The van der Waals surface area contributed by atoms with Gasteiger partial charge < -0.3 is 20.3 Å². The number of hydrogen-bond donors (Lipinski definition) is 2. The smallest absolute Gasteiger partial charge is 0.406 e. The van der Waals surface area contributed by atoms with E-state index in [0.717, 1.165) is 12.1 Å². The summed E-state index contributed by atoms with van der Waals surface area (Å²) in [5, 5.41) is 5.24. The minimum Gasteiger partial charge on any atom is -0.406 e. The molecule has 0 bridgehead atoms. The number of urea groups is 1. The molecule has 1 fully saturated rings. The minimum absolute atomic E-state index is 0.101. The Morgan fingerprint density at radius 3 is 2.30 bits per heavy atom. The highest BCUT2D eigenvalue weighted by Crippen LogP contribution is 2.24. The molecule has 2 amide bonds. The number of hydrogen-bond acceptors (Lipinski definition) is 5. The summed E-state index contributed by atoms with van der Waals surface area (Å²) in [6, 6.07) is 4.07. The molecule has 0 unspecified atom stereocenters. The average Bonchev–Trinajstić information content (AvgIpc) is 2.54. The fraction of sp³-hybridized carbons (Fsp3) is 0.533. The van der Waals surface area contributed by atoms with Gasteiger partial charge in [-0.3, -0.25) is 0 Å². The van der Waals surface area contributed by atoms with Gasteiger partial charge in [-0.2, -0.15) is 8.42 Å². The van der Waals surface area contributed by atoms with Gasteiger partial charge in [-0.1, -0.05) is 0 Å². The number of ether oxygens (including phenoxy) is 1. The van der Waals surface area contributed by atoms with E-state index in [4.69, 9.17) is 0 Å². The van der Waals surface area contributed by atoms with Crippen molar-refractivity contribution >= 4 is 21.9 Å². The number of benzene rings is 1. The van der Waals surface area contributed by atoms with Gasteiger partial charge in [0.05, 0.1) is 5.75 Å². The van der Waals surface area contributed by atoms with Crippen LogP contribution in [0.1, 0.15) is 12.8 Å². The zero-order chi connectivity index (χ0) is 20.1. The summed E-state index contributed by atoms with van der Waals surface area (Å²) in [6.07, 6.45) is -3.65. The van der Waals surface area contributed by atoms with Gasteiger partial charge in [0.1, 0.15) is 5.75 Å². The number of rotatable bonds is 6. The predicted octanol–water partition coefficient (Wildman–Crippen LogP) is 2.47. The van der Waals surface area contributed by atoms with Crippen LogP contribution in [0.15, 0.2) is 24.3 Å². The van der Waals surface area contributed by atoms with Gasteiger partial charge in [0, 0.05) is 31.4 Å². The number of nitrogens with zero attached hydrogens (tertiary/aromatic N) is 1. The minimum atomic E-state index is -4.78. The van der Waals surface area contributed by atoms with Crippen molar-refractivity contribution < 1.29 is 35.0 Å². The fourth-order valence-corrected chi connectivity index (χ4v) is 3.11. The molecule has 0 aromatic heterocycles. The molecule has 27 heavy (non-hydrogen) atoms. The summed E-state index contributed by atoms with van der Waals surface area (Å²) in [5.41, 5.74) is 0.299. The summed E-state index contributed by atoms with van der Waals surface area (Å²) >= 11 is 0. The molecule has 0 atom stereocenters. The zero-order valence-electron chi connectivity index (χ0n) is 14.1. The second-order valence-electron chi connectivity index (χ2n) is 6.03. The Labute approximate surface area is 153 Å². The number of alkyl halides is 3. The number of carbonyl (C=O) groups excluding carboxylic acids is 1. The SMILES string of the molecule is O=C(Nc1ccc(OC(F)(F)F)cc1)NC1CCN(CCS(=O)(=O)F)CC1. The maximum atomic E-state index is 12.5. The van der Waals surface area contributed by atoms with Gasteiger partial charge >= 0.3 is 22.6 Å². The van der Waals surface area contributed by atoms with Crippen LogP contribution in [0, 0.1) is 0 Å². The van der Waals surface area contributed by atoms with Gasteiger partial charge in [-0.25, -0.2) is 4.79 Å². The first-order chi connectivity index (χ1) is 12.5. The number of amides is 2. The van der Waals surface area contributed by atoms with Crippen molar-refractivity contribution in [2.75, 3.05) is 30.7 Å². The molecule has 1 aromatic rings. The molecule has 152 valence electrons. The summed E-state index contributed by atoms with van der Waals surface area (Å²) in [6.45, 7) is 1.14. The Kier molecular flexibility index (Phi) is 6.87. The van der Waals surface area contributed by atoms with Crippen molar-refractivity contribution in [2.24, 2.45) is 0 Å². The number of halogens is 4. The average molecular weight is 413 g/mol. The molecule has 0 saturated carbocycles. The van der Waals surface area contributed by atoms with Gasteiger partial charge in [-0.15, -0.1) is 17.1 Å². The molecule has 1 heterocycles. The molecule has 7 nitrogen and oxygen atoms in total. The number of likely N-dealkylation sites (tertiary alicyclic amines) is 1. The van der Waals surface area contributed by atoms with Gasteiger partial charge in [0.25, 0.3) is 0 Å². The Morgan fingerprint density at radius 2 is 1.78 bits per heavy atom. The van der Waals surface area contributed by atoms with Crippen molar-refractivity contribution in [3.8, 4) is 5.75 Å². The molecule has 1 aliphatic rings. The van der Waals surface area contributed by atoms with Crippen molar-refractivity contribution in [2.45, 2.75) is 25.2 Å². The second kappa shape index (κ2) is 8.74. The first kappa shape index (κ1) is 21.2. The van der Waals surface area contributed by atoms with Crippen molar-refractivity contribution in [1.29, 1.82) is 0 Å². The van der Waals surface area contributed by atoms with E-state index in [2.05, 4.69) is 15.4 Å². The van der Waals surface area contributed by atoms with E-state index in [1.165, 1.54) is 12.1 Å². The topological polar surface area (TPSA) is 87.7 Å². The van der Waals surface area contributed by atoms with Crippen LogP contribution >= 0.6 is 0 Å². The number of anilines is 1. The highest BCUT2D eigenvalue weighted by molar-refractivity contribution is 7.86. The molecular formula is C15H19F4N3O4S. The summed E-state index contributed by atoms with van der Waals surface area (Å²) in [5.74, 6) is -0.948. The largest absolute Gasteiger partial charge is 0.573 e. The lowest BCUT2D eigenvalue weighted by Gasteiger charge is -2.31. The lowest BCUT2D eigenvalue weighted by molar-refractivity contribution is -0.274. The predicted molar refractivity (Wildman–Crippen MR) is 89.6 cm³/mol. The maximum Gasteiger partial charge on any atom is 0.573 e. The van der Waals surface area contributed by atoms with E-state index in [1.54, 1.807) is 4.90 Å². The van der Waals surface area contributed by atoms with Crippen LogP contribution < -0.4 is 15.4 Å². The van der Waals surface area contributed by atoms with Crippen LogP contribution in [0.3, 0.4) is 0 Å². The Balaban J connectivity index is 1.73. The quantitative estimate of drug-likeness (QED) is 0.553. The van der Waals surface area contributed by atoms with E-state index in [9.17, 15) is 30.3 Å². The molecule has 1 aliphatic heterocycles. The lowest BCUT2D eigenvalue weighted by Crippen LogP contribution is -2.46. The molecule has 2 N–H and O–H groups in total. The zero-order valence-corrected chi connectivity index (χ0v) is 14.9. The Hall–Kier alpha value is -2.08. The molecule has 12 heteroatoms. The van der Waals surface area contributed by atoms with Gasteiger partial charge in [0.15, 0.2) is 0 Å². The monoisotopic (exact) mass is 413 g/mol. The van der Waals surface area contributed by atoms with Gasteiger partial charge in [-0.05, 0) is 37.1 Å². The van der Waals surface area contributed by atoms with Crippen LogP contribution in [-0.2, 0) is 10.2 Å². The second-order valence-corrected chi connectivity index (χ2v) is 7.52. The summed E-state index contributed by atoms with van der Waals surface area (Å²) in [4.78, 5) is 13.8. The molecule has 0 spiro atoms. The number of nitrogens with one attached hydrogen (secondary N) is 2. The normalized spacial score (nSPS) is 16.7. The first-order valence-corrected chi connectivity index (χ1v) is 9.63. The van der Waals surface area contributed by atoms with Crippen LogP contribution in [-0.4, -0.2) is 57.1 Å². The van der Waals surface area contributed by atoms with Crippen molar-refractivity contribution in [3.63, 3.8) is 0 Å². The van der Waals surface area contributed by atoms with Crippen LogP contribution in [0.25, 0.3) is 0 Å². The van der Waals surface area contributed by atoms with Crippen LogP contribution in [0.2, 0.25) is 0 Å². The standard InChI is InChI=1S/C15H19F4N3O4S/c16-15(17,18)26-13-3-1-11(2-4-13)20-14(23)21-12-5-7-22(8-6-12)9-10-27(19,24)25/h1-4,12H,5-10H2,(H2,20,21,23). The van der Waals surface area contributed by atoms with E-state index in [-0.39, 0.29) is 12.6 Å². The number of piperidine rings is 1. The first-order valence-electron chi connectivity index (χ1n) is 8.08. The summed E-state index contributed by atoms with van der Waals surface area (Å²) < 4.78 is 73.6. The number of carbonyl (C=O) groups is 1. The third-order valence-electron chi connectivity index (χ3n) is 3.92. The molecule has 0 radical (unpaired) electrons. The van der Waals surface area contributed by atoms with Gasteiger partial charge in [0.2, 0.25) is 0 Å². The van der Waals surface area contributed by atoms with E-state index in [1.807, 2.05) is 0 Å². The molecular weight excluding hydrogens is 394 g/mol. The van der Waals surface area contributed by atoms with E-state index >= 15 is 0 Å². The Bertz CT molecular complexity index is 732.